The quantitative estimate of drug-likeness (QED) is 0.620. The zero-order valence-electron chi connectivity index (χ0n) is 13.2. The Hall–Kier alpha value is -1.68. The van der Waals surface area contributed by atoms with Gasteiger partial charge in [-0.2, -0.15) is 0 Å². The molecule has 4 nitrogen and oxygen atoms in total. The zero-order valence-corrected chi connectivity index (χ0v) is 13.2. The van der Waals surface area contributed by atoms with E-state index in [9.17, 15) is 9.59 Å². The van der Waals surface area contributed by atoms with Gasteiger partial charge in [0.05, 0.1) is 19.3 Å². The van der Waals surface area contributed by atoms with E-state index in [1.54, 1.807) is 17.0 Å². The van der Waals surface area contributed by atoms with Crippen LogP contribution in [0.1, 0.15) is 43.6 Å². The van der Waals surface area contributed by atoms with Gasteiger partial charge in [-0.05, 0) is 17.9 Å². The maximum atomic E-state index is 12.3. The summed E-state index contributed by atoms with van der Waals surface area (Å²) in [5.74, 6) is -0.876. The van der Waals surface area contributed by atoms with Crippen molar-refractivity contribution in [3.63, 3.8) is 0 Å². The molecule has 21 heavy (non-hydrogen) atoms. The number of benzene rings is 1. The topological polar surface area (TPSA) is 46.6 Å². The summed E-state index contributed by atoms with van der Waals surface area (Å²) in [4.78, 5) is 26.2. The Morgan fingerprint density at radius 3 is 2.33 bits per heavy atom. The van der Waals surface area contributed by atoms with E-state index in [-0.39, 0.29) is 11.5 Å². The third-order valence-electron chi connectivity index (χ3n) is 3.84. The average Bonchev–Trinajstić information content (AvgIpc) is 2.45. The normalized spacial score (nSPS) is 19.4. The Labute approximate surface area is 126 Å². The largest absolute Gasteiger partial charge is 0.377 e. The second-order valence-corrected chi connectivity index (χ2v) is 6.58. The third-order valence-corrected chi connectivity index (χ3v) is 3.84. The van der Waals surface area contributed by atoms with Crippen molar-refractivity contribution in [2.24, 2.45) is 0 Å². The van der Waals surface area contributed by atoms with Gasteiger partial charge in [0.25, 0.3) is 5.91 Å². The summed E-state index contributed by atoms with van der Waals surface area (Å²) in [5, 5.41) is 0. The van der Waals surface area contributed by atoms with Crippen molar-refractivity contribution in [2.75, 3.05) is 19.8 Å². The number of hydrogen-bond acceptors (Lipinski definition) is 3. The molecule has 1 aromatic rings. The number of amides is 1. The summed E-state index contributed by atoms with van der Waals surface area (Å²) >= 11 is 0. The molecule has 1 atom stereocenters. The minimum atomic E-state index is -0.441. The van der Waals surface area contributed by atoms with E-state index >= 15 is 0 Å². The average molecular weight is 289 g/mol. The predicted molar refractivity (Wildman–Crippen MR) is 81.5 cm³/mol. The van der Waals surface area contributed by atoms with E-state index in [1.165, 1.54) is 0 Å². The Morgan fingerprint density at radius 1 is 1.19 bits per heavy atom. The fourth-order valence-corrected chi connectivity index (χ4v) is 2.40. The summed E-state index contributed by atoms with van der Waals surface area (Å²) in [6.07, 6.45) is 0. The van der Waals surface area contributed by atoms with Crippen LogP contribution in [0.3, 0.4) is 0 Å². The van der Waals surface area contributed by atoms with E-state index in [4.69, 9.17) is 4.74 Å². The number of morpholine rings is 1. The van der Waals surface area contributed by atoms with Gasteiger partial charge < -0.3 is 9.64 Å². The highest BCUT2D eigenvalue weighted by Gasteiger charge is 2.29. The minimum absolute atomic E-state index is 0.0321. The molecule has 0 N–H and O–H groups in total. The maximum Gasteiger partial charge on any atom is 0.295 e. The first-order valence-corrected chi connectivity index (χ1v) is 7.34. The maximum absolute atomic E-state index is 12.3. The summed E-state index contributed by atoms with van der Waals surface area (Å²) < 4.78 is 5.30. The van der Waals surface area contributed by atoms with Crippen LogP contribution in [0.25, 0.3) is 0 Å². The molecule has 4 heteroatoms. The van der Waals surface area contributed by atoms with Crippen molar-refractivity contribution in [3.8, 4) is 0 Å². The number of carbonyl (C=O) groups is 2. The molecule has 0 aromatic heterocycles. The minimum Gasteiger partial charge on any atom is -0.377 e. The van der Waals surface area contributed by atoms with Crippen LogP contribution in [0.4, 0.5) is 0 Å². The molecule has 0 saturated carbocycles. The molecule has 1 aliphatic rings. The van der Waals surface area contributed by atoms with Gasteiger partial charge in [-0.15, -0.1) is 0 Å². The van der Waals surface area contributed by atoms with Gasteiger partial charge in [-0.1, -0.05) is 45.0 Å². The van der Waals surface area contributed by atoms with Crippen LogP contribution in [0, 0.1) is 0 Å². The Balaban J connectivity index is 2.14. The number of rotatable bonds is 2. The molecule has 1 aliphatic heterocycles. The lowest BCUT2D eigenvalue weighted by Gasteiger charge is -2.32. The second kappa shape index (κ2) is 5.98. The smallest absolute Gasteiger partial charge is 0.295 e. The number of hydrogen-bond donors (Lipinski definition) is 0. The Morgan fingerprint density at radius 2 is 1.81 bits per heavy atom. The highest BCUT2D eigenvalue weighted by Crippen LogP contribution is 2.22. The van der Waals surface area contributed by atoms with Crippen molar-refractivity contribution in [3.05, 3.63) is 35.4 Å². The van der Waals surface area contributed by atoms with Gasteiger partial charge in [-0.25, -0.2) is 0 Å². The molecule has 1 aromatic carbocycles. The molecule has 1 amide bonds. The number of ketones is 1. The van der Waals surface area contributed by atoms with Crippen LogP contribution in [-0.2, 0) is 14.9 Å². The summed E-state index contributed by atoms with van der Waals surface area (Å²) in [6.45, 7) is 9.70. The Kier molecular flexibility index (Phi) is 4.47. The fraction of sp³-hybridized carbons (Fsp3) is 0.529. The Bertz CT molecular complexity index is 528. The zero-order chi connectivity index (χ0) is 15.6. The molecule has 0 bridgehead atoms. The van der Waals surface area contributed by atoms with Gasteiger partial charge in [-0.3, -0.25) is 9.59 Å². The van der Waals surface area contributed by atoms with Crippen LogP contribution >= 0.6 is 0 Å². The lowest BCUT2D eigenvalue weighted by Crippen LogP contribution is -2.49. The van der Waals surface area contributed by atoms with Crippen molar-refractivity contribution in [1.29, 1.82) is 0 Å². The van der Waals surface area contributed by atoms with Gasteiger partial charge in [0, 0.05) is 12.1 Å². The first-order chi connectivity index (χ1) is 9.80. The van der Waals surface area contributed by atoms with Crippen molar-refractivity contribution in [1.82, 2.24) is 4.90 Å². The lowest BCUT2D eigenvalue weighted by atomic mass is 9.86. The molecule has 2 rings (SSSR count). The predicted octanol–water partition coefficient (Wildman–Crippen LogP) is 2.41. The first-order valence-electron chi connectivity index (χ1n) is 7.34. The molecule has 0 aliphatic carbocycles. The van der Waals surface area contributed by atoms with Crippen LogP contribution in [0.5, 0.6) is 0 Å². The fourth-order valence-electron chi connectivity index (χ4n) is 2.40. The molecule has 0 radical (unpaired) electrons. The van der Waals surface area contributed by atoms with Crippen molar-refractivity contribution in [2.45, 2.75) is 39.2 Å². The molecule has 0 unspecified atom stereocenters. The van der Waals surface area contributed by atoms with E-state index in [0.29, 0.717) is 25.3 Å². The standard InChI is InChI=1S/C17H23NO3/c1-12-11-21-10-9-18(12)16(20)15(19)13-5-7-14(8-6-13)17(2,3)4/h5-8,12H,9-11H2,1-4H3/t12-/m0/s1. The van der Waals surface area contributed by atoms with Crippen molar-refractivity contribution >= 4 is 11.7 Å². The summed E-state index contributed by atoms with van der Waals surface area (Å²) in [7, 11) is 0. The number of Topliss-reactive ketones (excluding diaryl/α,β-unsaturated/α-hetero) is 1. The molecule has 0 spiro atoms. The van der Waals surface area contributed by atoms with Gasteiger partial charge >= 0.3 is 0 Å². The number of ether oxygens (including phenoxy) is 1. The van der Waals surface area contributed by atoms with Crippen LogP contribution < -0.4 is 0 Å². The van der Waals surface area contributed by atoms with Crippen LogP contribution in [-0.4, -0.2) is 42.4 Å². The van der Waals surface area contributed by atoms with Gasteiger partial charge in [0.1, 0.15) is 0 Å². The second-order valence-electron chi connectivity index (χ2n) is 6.58. The highest BCUT2D eigenvalue weighted by atomic mass is 16.5. The van der Waals surface area contributed by atoms with E-state index < -0.39 is 11.7 Å². The molecule has 1 saturated heterocycles. The summed E-state index contributed by atoms with van der Waals surface area (Å²) in [5.41, 5.74) is 1.63. The SMILES string of the molecule is C[C@H]1COCCN1C(=O)C(=O)c1ccc(C(C)(C)C)cc1. The van der Waals surface area contributed by atoms with Crippen molar-refractivity contribution < 1.29 is 14.3 Å². The van der Waals surface area contributed by atoms with Gasteiger partial charge in [0.15, 0.2) is 0 Å². The summed E-state index contributed by atoms with van der Waals surface area (Å²) in [6, 6.07) is 7.27. The first kappa shape index (κ1) is 15.7. The van der Waals surface area contributed by atoms with E-state index in [0.717, 1.165) is 5.56 Å². The van der Waals surface area contributed by atoms with E-state index in [1.807, 2.05) is 19.1 Å². The van der Waals surface area contributed by atoms with Crippen LogP contribution in [0.15, 0.2) is 24.3 Å². The molecular formula is C17H23NO3. The molecule has 1 heterocycles. The highest BCUT2D eigenvalue weighted by molar-refractivity contribution is 6.42. The van der Waals surface area contributed by atoms with Gasteiger partial charge in [0.2, 0.25) is 5.78 Å². The van der Waals surface area contributed by atoms with E-state index in [2.05, 4.69) is 20.8 Å². The molecule has 1 fully saturated rings. The number of carbonyl (C=O) groups excluding carboxylic acids is 2. The van der Waals surface area contributed by atoms with Crippen LogP contribution in [0.2, 0.25) is 0 Å². The third kappa shape index (κ3) is 3.50. The number of nitrogens with zero attached hydrogens (tertiary/aromatic N) is 1. The molecular weight excluding hydrogens is 266 g/mol. The monoisotopic (exact) mass is 289 g/mol. The molecule has 114 valence electrons. The lowest BCUT2D eigenvalue weighted by molar-refractivity contribution is -0.134.